The van der Waals surface area contributed by atoms with Crippen molar-refractivity contribution in [3.8, 4) is 0 Å². The molecule has 1 aliphatic heterocycles. The third kappa shape index (κ3) is 1.31. The quantitative estimate of drug-likeness (QED) is 0.687. The molecule has 0 spiro atoms. The van der Waals surface area contributed by atoms with E-state index in [0.29, 0.717) is 6.54 Å². The molecule has 0 saturated carbocycles. The number of hydrogen-bond acceptors (Lipinski definition) is 3. The van der Waals surface area contributed by atoms with E-state index in [1.807, 2.05) is 0 Å². The van der Waals surface area contributed by atoms with Crippen molar-refractivity contribution in [3.05, 3.63) is 21.4 Å². The van der Waals surface area contributed by atoms with E-state index >= 15 is 0 Å². The van der Waals surface area contributed by atoms with E-state index in [9.17, 15) is 0 Å². The monoisotopic (exact) mass is 169 g/mol. The standard InChI is InChI=1S/C8H11NOS/c9-4-7-3-6-1-2-10-5-8(6)11-7/h3H,1-2,4-5,9H2. The zero-order valence-electron chi connectivity index (χ0n) is 6.30. The molecule has 0 atom stereocenters. The van der Waals surface area contributed by atoms with Crippen LogP contribution in [0.15, 0.2) is 6.07 Å². The highest BCUT2D eigenvalue weighted by molar-refractivity contribution is 7.12. The zero-order chi connectivity index (χ0) is 7.68. The summed E-state index contributed by atoms with van der Waals surface area (Å²) in [7, 11) is 0. The summed E-state index contributed by atoms with van der Waals surface area (Å²) in [5.41, 5.74) is 6.98. The minimum absolute atomic E-state index is 0.664. The molecule has 1 aromatic heterocycles. The van der Waals surface area contributed by atoms with Crippen molar-refractivity contribution < 1.29 is 4.74 Å². The summed E-state index contributed by atoms with van der Waals surface area (Å²) in [5.74, 6) is 0. The van der Waals surface area contributed by atoms with Crippen LogP contribution >= 0.6 is 11.3 Å². The van der Waals surface area contributed by atoms with Gasteiger partial charge in [0.25, 0.3) is 0 Å². The van der Waals surface area contributed by atoms with Crippen LogP contribution in [0.4, 0.5) is 0 Å². The van der Waals surface area contributed by atoms with Crippen molar-refractivity contribution in [2.45, 2.75) is 19.6 Å². The number of fused-ring (bicyclic) bond motifs is 1. The van der Waals surface area contributed by atoms with E-state index in [4.69, 9.17) is 10.5 Å². The highest BCUT2D eigenvalue weighted by Crippen LogP contribution is 2.26. The van der Waals surface area contributed by atoms with Crippen LogP contribution in [0.2, 0.25) is 0 Å². The fourth-order valence-electron chi connectivity index (χ4n) is 1.31. The Bertz CT molecular complexity index is 233. The van der Waals surface area contributed by atoms with Crippen LogP contribution in [0.3, 0.4) is 0 Å². The maximum atomic E-state index is 5.53. The van der Waals surface area contributed by atoms with Gasteiger partial charge in [-0.1, -0.05) is 0 Å². The number of ether oxygens (including phenoxy) is 1. The number of rotatable bonds is 1. The second-order valence-electron chi connectivity index (χ2n) is 2.67. The number of nitrogens with two attached hydrogens (primary N) is 1. The molecule has 0 radical (unpaired) electrons. The van der Waals surface area contributed by atoms with Gasteiger partial charge in [-0.25, -0.2) is 0 Å². The summed E-state index contributed by atoms with van der Waals surface area (Å²) < 4.78 is 5.32. The third-order valence-electron chi connectivity index (χ3n) is 1.90. The smallest absolute Gasteiger partial charge is 0.0812 e. The Morgan fingerprint density at radius 2 is 2.55 bits per heavy atom. The van der Waals surface area contributed by atoms with Gasteiger partial charge < -0.3 is 10.5 Å². The minimum atomic E-state index is 0.664. The maximum Gasteiger partial charge on any atom is 0.0812 e. The summed E-state index contributed by atoms with van der Waals surface area (Å²) in [4.78, 5) is 2.65. The van der Waals surface area contributed by atoms with Gasteiger partial charge >= 0.3 is 0 Å². The molecule has 2 nitrogen and oxygen atoms in total. The maximum absolute atomic E-state index is 5.53. The SMILES string of the molecule is NCc1cc2c(s1)COCC2. The topological polar surface area (TPSA) is 35.2 Å². The van der Waals surface area contributed by atoms with Crippen LogP contribution in [0, 0.1) is 0 Å². The minimum Gasteiger partial charge on any atom is -0.376 e. The van der Waals surface area contributed by atoms with Crippen LogP contribution < -0.4 is 5.73 Å². The average molecular weight is 169 g/mol. The lowest BCUT2D eigenvalue weighted by atomic mass is 10.1. The number of thiophene rings is 1. The van der Waals surface area contributed by atoms with Gasteiger partial charge in [0.1, 0.15) is 0 Å². The molecule has 0 saturated heterocycles. The Balaban J connectivity index is 2.32. The summed E-state index contributed by atoms with van der Waals surface area (Å²) in [6.45, 7) is 2.32. The molecule has 0 bridgehead atoms. The van der Waals surface area contributed by atoms with Gasteiger partial charge in [-0.15, -0.1) is 11.3 Å². The van der Waals surface area contributed by atoms with Crippen molar-refractivity contribution >= 4 is 11.3 Å². The summed E-state index contributed by atoms with van der Waals surface area (Å²) in [6, 6.07) is 2.21. The van der Waals surface area contributed by atoms with Gasteiger partial charge in [-0.2, -0.15) is 0 Å². The van der Waals surface area contributed by atoms with Crippen LogP contribution in [0.5, 0.6) is 0 Å². The highest BCUT2D eigenvalue weighted by atomic mass is 32.1. The fourth-order valence-corrected chi connectivity index (χ4v) is 2.34. The highest BCUT2D eigenvalue weighted by Gasteiger charge is 2.12. The van der Waals surface area contributed by atoms with E-state index in [1.54, 1.807) is 11.3 Å². The molecule has 0 amide bonds. The second kappa shape index (κ2) is 2.93. The Labute approximate surface area is 70.0 Å². The van der Waals surface area contributed by atoms with Crippen molar-refractivity contribution in [1.29, 1.82) is 0 Å². The predicted octanol–water partition coefficient (Wildman–Crippen LogP) is 1.28. The van der Waals surface area contributed by atoms with Gasteiger partial charge in [0.15, 0.2) is 0 Å². The van der Waals surface area contributed by atoms with Gasteiger partial charge in [0, 0.05) is 16.3 Å². The van der Waals surface area contributed by atoms with Crippen LogP contribution in [-0.4, -0.2) is 6.61 Å². The summed E-state index contributed by atoms with van der Waals surface area (Å²) >= 11 is 1.79. The average Bonchev–Trinajstić information content (AvgIpc) is 2.46. The van der Waals surface area contributed by atoms with E-state index in [2.05, 4.69) is 6.07 Å². The van der Waals surface area contributed by atoms with Gasteiger partial charge in [-0.3, -0.25) is 0 Å². The lowest BCUT2D eigenvalue weighted by Crippen LogP contribution is -2.05. The van der Waals surface area contributed by atoms with E-state index in [-0.39, 0.29) is 0 Å². The molecule has 2 rings (SSSR count). The Morgan fingerprint density at radius 1 is 1.64 bits per heavy atom. The fraction of sp³-hybridized carbons (Fsp3) is 0.500. The first-order valence-corrected chi connectivity index (χ1v) is 4.60. The van der Waals surface area contributed by atoms with Gasteiger partial charge in [0.2, 0.25) is 0 Å². The lowest BCUT2D eigenvalue weighted by molar-refractivity contribution is 0.113. The normalized spacial score (nSPS) is 16.5. The zero-order valence-corrected chi connectivity index (χ0v) is 7.12. The van der Waals surface area contributed by atoms with Gasteiger partial charge in [0.05, 0.1) is 13.2 Å². The Morgan fingerprint density at radius 3 is 3.27 bits per heavy atom. The van der Waals surface area contributed by atoms with E-state index < -0.39 is 0 Å². The first kappa shape index (κ1) is 7.28. The summed E-state index contributed by atoms with van der Waals surface area (Å²) in [5, 5.41) is 0. The third-order valence-corrected chi connectivity index (χ3v) is 3.07. The second-order valence-corrected chi connectivity index (χ2v) is 3.89. The van der Waals surface area contributed by atoms with Crippen LogP contribution in [-0.2, 0) is 24.3 Å². The Hall–Kier alpha value is -0.380. The molecule has 0 unspecified atom stereocenters. The molecular weight excluding hydrogens is 158 g/mol. The van der Waals surface area contributed by atoms with Crippen LogP contribution in [0.1, 0.15) is 15.3 Å². The first-order chi connectivity index (χ1) is 5.40. The molecular formula is C8H11NOS. The molecule has 0 fully saturated rings. The van der Waals surface area contributed by atoms with Crippen LogP contribution in [0.25, 0.3) is 0 Å². The number of hydrogen-bond donors (Lipinski definition) is 1. The molecule has 60 valence electrons. The molecule has 2 heterocycles. The first-order valence-electron chi connectivity index (χ1n) is 3.78. The summed E-state index contributed by atoms with van der Waals surface area (Å²) in [6.07, 6.45) is 1.06. The van der Waals surface area contributed by atoms with Gasteiger partial charge in [-0.05, 0) is 18.1 Å². The van der Waals surface area contributed by atoms with Crippen molar-refractivity contribution in [1.82, 2.24) is 0 Å². The molecule has 0 aliphatic carbocycles. The van der Waals surface area contributed by atoms with E-state index in [1.165, 1.54) is 15.3 Å². The lowest BCUT2D eigenvalue weighted by Gasteiger charge is -2.10. The molecule has 1 aromatic rings. The molecule has 11 heavy (non-hydrogen) atoms. The predicted molar refractivity (Wildman–Crippen MR) is 45.6 cm³/mol. The Kier molecular flexibility index (Phi) is 1.94. The largest absolute Gasteiger partial charge is 0.376 e. The molecule has 1 aliphatic rings. The molecule has 0 aromatic carbocycles. The van der Waals surface area contributed by atoms with Crippen molar-refractivity contribution in [2.75, 3.05) is 6.61 Å². The van der Waals surface area contributed by atoms with Crippen molar-refractivity contribution in [3.63, 3.8) is 0 Å². The van der Waals surface area contributed by atoms with Crippen molar-refractivity contribution in [2.24, 2.45) is 5.73 Å². The molecule has 2 N–H and O–H groups in total. The molecule has 3 heteroatoms. The van der Waals surface area contributed by atoms with E-state index in [0.717, 1.165) is 19.6 Å².